The van der Waals surface area contributed by atoms with E-state index in [0.717, 1.165) is 25.7 Å². The van der Waals surface area contributed by atoms with E-state index in [9.17, 15) is 14.4 Å². The minimum atomic E-state index is -0.402. The number of fused-ring (bicyclic) bond motifs is 5. The van der Waals surface area contributed by atoms with Gasteiger partial charge in [0.1, 0.15) is 11.6 Å². The SMILES string of the molecule is C[C@]12CCC(=O)C=C1CC[C@H]1[C@H]2C(=O)C[C@]2(C)C(=O)CC[C@@H]12. The Morgan fingerprint density at radius 2 is 1.77 bits per heavy atom. The molecule has 3 heteroatoms. The van der Waals surface area contributed by atoms with Gasteiger partial charge >= 0.3 is 0 Å². The Bertz CT molecular complexity index is 616. The zero-order valence-corrected chi connectivity index (χ0v) is 13.5. The Hall–Kier alpha value is -1.25. The largest absolute Gasteiger partial charge is 0.299 e. The van der Waals surface area contributed by atoms with Crippen LogP contribution >= 0.6 is 0 Å². The Kier molecular flexibility index (Phi) is 2.87. The minimum Gasteiger partial charge on any atom is -0.299 e. The molecular weight excluding hydrogens is 276 g/mol. The fourth-order valence-corrected chi connectivity index (χ4v) is 6.16. The highest BCUT2D eigenvalue weighted by Gasteiger charge is 2.62. The van der Waals surface area contributed by atoms with Gasteiger partial charge in [0.05, 0.1) is 0 Å². The van der Waals surface area contributed by atoms with Gasteiger partial charge in [0, 0.05) is 30.6 Å². The van der Waals surface area contributed by atoms with Crippen LogP contribution in [0.3, 0.4) is 0 Å². The molecule has 0 aromatic carbocycles. The van der Waals surface area contributed by atoms with Crippen molar-refractivity contribution in [3.63, 3.8) is 0 Å². The number of allylic oxidation sites excluding steroid dienone is 1. The monoisotopic (exact) mass is 300 g/mol. The van der Waals surface area contributed by atoms with Gasteiger partial charge in [0.25, 0.3) is 0 Å². The van der Waals surface area contributed by atoms with Crippen LogP contribution in [0.5, 0.6) is 0 Å². The van der Waals surface area contributed by atoms with Crippen molar-refractivity contribution in [3.05, 3.63) is 11.6 Å². The van der Waals surface area contributed by atoms with Crippen LogP contribution in [-0.4, -0.2) is 17.3 Å². The van der Waals surface area contributed by atoms with Gasteiger partial charge < -0.3 is 0 Å². The lowest BCUT2D eigenvalue weighted by Gasteiger charge is -2.55. The van der Waals surface area contributed by atoms with Crippen molar-refractivity contribution in [1.29, 1.82) is 0 Å². The molecule has 0 aromatic rings. The zero-order chi connectivity index (χ0) is 15.7. The van der Waals surface area contributed by atoms with Gasteiger partial charge in [-0.25, -0.2) is 0 Å². The minimum absolute atomic E-state index is 0.0320. The van der Waals surface area contributed by atoms with E-state index < -0.39 is 5.41 Å². The number of ketones is 3. The predicted molar refractivity (Wildman–Crippen MR) is 82.1 cm³/mol. The summed E-state index contributed by atoms with van der Waals surface area (Å²) in [7, 11) is 0. The Labute approximate surface area is 131 Å². The standard InChI is InChI=1S/C19H24O3/c1-18-8-7-12(20)9-11(18)3-4-13-14-5-6-16(22)19(14,2)10-15(21)17(13)18/h9,13-14,17H,3-8,10H2,1-2H3/t13-,14+,17+,18+,19+/m1/s1. The molecule has 0 unspecified atom stereocenters. The summed E-state index contributed by atoms with van der Waals surface area (Å²) >= 11 is 0. The summed E-state index contributed by atoms with van der Waals surface area (Å²) in [6, 6.07) is 0. The van der Waals surface area contributed by atoms with E-state index in [1.165, 1.54) is 5.57 Å². The first kappa shape index (κ1) is 14.3. The van der Waals surface area contributed by atoms with Gasteiger partial charge in [-0.2, -0.15) is 0 Å². The highest BCUT2D eigenvalue weighted by Crippen LogP contribution is 2.63. The second kappa shape index (κ2) is 4.39. The summed E-state index contributed by atoms with van der Waals surface area (Å²) in [5.74, 6) is 1.54. The highest BCUT2D eigenvalue weighted by atomic mass is 16.1. The summed E-state index contributed by atoms with van der Waals surface area (Å²) in [6.45, 7) is 4.22. The van der Waals surface area contributed by atoms with Gasteiger partial charge in [-0.05, 0) is 49.0 Å². The van der Waals surface area contributed by atoms with E-state index >= 15 is 0 Å². The molecule has 0 saturated heterocycles. The normalized spacial score (nSPS) is 47.6. The van der Waals surface area contributed by atoms with Gasteiger partial charge in [-0.1, -0.05) is 19.4 Å². The van der Waals surface area contributed by atoms with E-state index in [-0.39, 0.29) is 22.9 Å². The molecule has 0 bridgehead atoms. The van der Waals surface area contributed by atoms with Crippen LogP contribution in [0.15, 0.2) is 11.6 Å². The maximum atomic E-state index is 13.0. The van der Waals surface area contributed by atoms with E-state index in [1.54, 1.807) is 0 Å². The number of carbonyl (C=O) groups is 3. The Balaban J connectivity index is 1.77. The second-order valence-corrected chi connectivity index (χ2v) is 8.36. The molecule has 0 heterocycles. The van der Waals surface area contributed by atoms with Crippen molar-refractivity contribution < 1.29 is 14.4 Å². The molecule has 3 fully saturated rings. The van der Waals surface area contributed by atoms with Crippen molar-refractivity contribution >= 4 is 17.3 Å². The molecule has 0 aromatic heterocycles. The van der Waals surface area contributed by atoms with Crippen LogP contribution in [0.2, 0.25) is 0 Å². The quantitative estimate of drug-likeness (QED) is 0.690. The molecular formula is C19H24O3. The molecule has 118 valence electrons. The molecule has 4 aliphatic rings. The van der Waals surface area contributed by atoms with Crippen molar-refractivity contribution in [2.75, 3.05) is 0 Å². The van der Waals surface area contributed by atoms with E-state index in [0.29, 0.717) is 36.9 Å². The van der Waals surface area contributed by atoms with Crippen LogP contribution in [-0.2, 0) is 14.4 Å². The number of rotatable bonds is 0. The molecule has 22 heavy (non-hydrogen) atoms. The Morgan fingerprint density at radius 1 is 1.00 bits per heavy atom. The lowest BCUT2D eigenvalue weighted by Crippen LogP contribution is -2.55. The third-order valence-electron chi connectivity index (χ3n) is 7.36. The maximum absolute atomic E-state index is 13.0. The molecule has 4 aliphatic carbocycles. The van der Waals surface area contributed by atoms with E-state index in [4.69, 9.17) is 0 Å². The predicted octanol–water partition coefficient (Wildman–Crippen LogP) is 3.27. The van der Waals surface area contributed by atoms with Gasteiger partial charge in [0.2, 0.25) is 0 Å². The lowest BCUT2D eigenvalue weighted by molar-refractivity contribution is -0.149. The van der Waals surface area contributed by atoms with Crippen molar-refractivity contribution in [1.82, 2.24) is 0 Å². The summed E-state index contributed by atoms with van der Waals surface area (Å²) < 4.78 is 0. The van der Waals surface area contributed by atoms with Crippen LogP contribution in [0.25, 0.3) is 0 Å². The van der Waals surface area contributed by atoms with E-state index in [2.05, 4.69) is 6.92 Å². The lowest BCUT2D eigenvalue weighted by atomic mass is 9.47. The van der Waals surface area contributed by atoms with Gasteiger partial charge in [-0.15, -0.1) is 0 Å². The van der Waals surface area contributed by atoms with Gasteiger partial charge in [-0.3, -0.25) is 14.4 Å². The summed E-state index contributed by atoms with van der Waals surface area (Å²) in [5.41, 5.74) is 0.660. The van der Waals surface area contributed by atoms with Crippen molar-refractivity contribution in [2.45, 2.75) is 58.8 Å². The second-order valence-electron chi connectivity index (χ2n) is 8.36. The average molecular weight is 300 g/mol. The first-order chi connectivity index (χ1) is 10.4. The smallest absolute Gasteiger partial charge is 0.155 e. The molecule has 5 atom stereocenters. The van der Waals surface area contributed by atoms with Crippen molar-refractivity contribution in [3.8, 4) is 0 Å². The third kappa shape index (κ3) is 1.65. The van der Waals surface area contributed by atoms with Crippen molar-refractivity contribution in [2.24, 2.45) is 28.6 Å². The topological polar surface area (TPSA) is 51.2 Å². The molecule has 0 aliphatic heterocycles. The maximum Gasteiger partial charge on any atom is 0.155 e. The molecule has 0 spiro atoms. The van der Waals surface area contributed by atoms with Crippen LogP contribution < -0.4 is 0 Å². The Morgan fingerprint density at radius 3 is 2.55 bits per heavy atom. The van der Waals surface area contributed by atoms with Crippen LogP contribution in [0.1, 0.15) is 58.8 Å². The summed E-state index contributed by atoms with van der Waals surface area (Å²) in [6.07, 6.45) is 7.12. The molecule has 3 saturated carbocycles. The number of Topliss-reactive ketones (excluding diaryl/α,β-unsaturated/α-hetero) is 2. The molecule has 4 rings (SSSR count). The van der Waals surface area contributed by atoms with E-state index in [1.807, 2.05) is 13.0 Å². The molecule has 0 amide bonds. The van der Waals surface area contributed by atoms with Crippen LogP contribution in [0.4, 0.5) is 0 Å². The fraction of sp³-hybridized carbons (Fsp3) is 0.737. The molecule has 3 nitrogen and oxygen atoms in total. The highest BCUT2D eigenvalue weighted by molar-refractivity contribution is 5.96. The van der Waals surface area contributed by atoms with Crippen LogP contribution in [0, 0.1) is 28.6 Å². The third-order valence-corrected chi connectivity index (χ3v) is 7.36. The zero-order valence-electron chi connectivity index (χ0n) is 13.5. The molecule has 0 radical (unpaired) electrons. The number of hydrogen-bond acceptors (Lipinski definition) is 3. The summed E-state index contributed by atoms with van der Waals surface area (Å²) in [4.78, 5) is 37.1. The summed E-state index contributed by atoms with van der Waals surface area (Å²) in [5, 5.41) is 0. The number of carbonyl (C=O) groups excluding carboxylic acids is 3. The number of hydrogen-bond donors (Lipinski definition) is 0. The fourth-order valence-electron chi connectivity index (χ4n) is 6.16. The van der Waals surface area contributed by atoms with Gasteiger partial charge in [0.15, 0.2) is 5.78 Å². The first-order valence-electron chi connectivity index (χ1n) is 8.66. The molecule has 0 N–H and O–H groups in total. The first-order valence-corrected chi connectivity index (χ1v) is 8.66. The average Bonchev–Trinajstić information content (AvgIpc) is 2.75.